The van der Waals surface area contributed by atoms with E-state index in [1.165, 1.54) is 34.8 Å². The summed E-state index contributed by atoms with van der Waals surface area (Å²) in [5.74, 6) is -3.27. The molecule has 0 saturated carbocycles. The van der Waals surface area contributed by atoms with Crippen LogP contribution in [0.2, 0.25) is 5.02 Å². The highest BCUT2D eigenvalue weighted by Gasteiger charge is 2.27. The van der Waals surface area contributed by atoms with E-state index in [0.29, 0.717) is 38.9 Å². The predicted molar refractivity (Wildman–Crippen MR) is 221 cm³/mol. The number of benzene rings is 2. The first-order valence-electron chi connectivity index (χ1n) is 17.5. The van der Waals surface area contributed by atoms with Crippen molar-refractivity contribution in [3.63, 3.8) is 0 Å². The van der Waals surface area contributed by atoms with Gasteiger partial charge in [-0.25, -0.2) is 4.39 Å². The summed E-state index contributed by atoms with van der Waals surface area (Å²) in [5, 5.41) is 23.8. The molecule has 0 unspecified atom stereocenters. The number of thiophene rings is 2. The van der Waals surface area contributed by atoms with E-state index in [-0.39, 0.29) is 64.4 Å². The SMILES string of the molecule is CCc1cc(C(=O)c2ccc(F)c(Cl)c2)c(NC(=O)CC(C)(C)CC(=O)O)s1.CCc1cc(C(=O)c2ccc(OC(C)C)cc2)c(NC(=O)CSCC(=O)O)s1. The zero-order chi connectivity index (χ0) is 41.7. The lowest BCUT2D eigenvalue weighted by Crippen LogP contribution is -2.25. The van der Waals surface area contributed by atoms with Gasteiger partial charge in [-0.2, -0.15) is 0 Å². The Kier molecular flexibility index (Phi) is 17.3. The normalized spacial score (nSPS) is 11.0. The van der Waals surface area contributed by atoms with Crippen LogP contribution in [0.5, 0.6) is 5.75 Å². The Hall–Kier alpha value is -4.57. The number of rotatable bonds is 18. The minimum atomic E-state index is -0.980. The van der Waals surface area contributed by atoms with Crippen molar-refractivity contribution < 1.29 is 48.1 Å². The first-order chi connectivity index (χ1) is 26.3. The van der Waals surface area contributed by atoms with Crippen LogP contribution >= 0.6 is 46.0 Å². The van der Waals surface area contributed by atoms with Crippen LogP contribution in [0, 0.1) is 11.2 Å². The number of nitrogens with one attached hydrogen (secondary N) is 2. The fraction of sp³-hybridized carbons (Fsp3) is 0.350. The van der Waals surface area contributed by atoms with Gasteiger partial charge in [-0.3, -0.25) is 28.8 Å². The van der Waals surface area contributed by atoms with E-state index in [9.17, 15) is 33.2 Å². The fourth-order valence-electron chi connectivity index (χ4n) is 5.13. The van der Waals surface area contributed by atoms with E-state index < -0.39 is 23.2 Å². The number of aryl methyl sites for hydroxylation is 2. The van der Waals surface area contributed by atoms with Gasteiger partial charge in [0.1, 0.15) is 21.6 Å². The summed E-state index contributed by atoms with van der Waals surface area (Å²) in [4.78, 5) is 73.7. The van der Waals surface area contributed by atoms with Crippen LogP contribution in [0.4, 0.5) is 14.4 Å². The maximum absolute atomic E-state index is 13.4. The van der Waals surface area contributed by atoms with Crippen LogP contribution in [0.1, 0.15) is 96.0 Å². The first kappa shape index (κ1) is 45.8. The van der Waals surface area contributed by atoms with Crippen LogP contribution < -0.4 is 15.4 Å². The number of aliphatic carboxylic acids is 2. The lowest BCUT2D eigenvalue weighted by atomic mass is 9.85. The van der Waals surface area contributed by atoms with E-state index >= 15 is 0 Å². The van der Waals surface area contributed by atoms with E-state index in [4.69, 9.17) is 26.6 Å². The molecule has 0 radical (unpaired) electrons. The molecule has 0 atom stereocenters. The summed E-state index contributed by atoms with van der Waals surface area (Å²) in [6, 6.07) is 14.1. The molecule has 11 nitrogen and oxygen atoms in total. The third kappa shape index (κ3) is 14.2. The van der Waals surface area contributed by atoms with Gasteiger partial charge < -0.3 is 25.6 Å². The van der Waals surface area contributed by atoms with Crippen molar-refractivity contribution in [2.75, 3.05) is 22.1 Å². The second-order valence-electron chi connectivity index (χ2n) is 13.5. The van der Waals surface area contributed by atoms with Gasteiger partial charge in [-0.15, -0.1) is 34.4 Å². The van der Waals surface area contributed by atoms with E-state index in [1.54, 1.807) is 50.2 Å². The molecule has 2 amide bonds. The smallest absolute Gasteiger partial charge is 0.313 e. The van der Waals surface area contributed by atoms with Crippen molar-refractivity contribution in [1.29, 1.82) is 0 Å². The molecule has 4 rings (SSSR count). The van der Waals surface area contributed by atoms with Crippen LogP contribution in [-0.2, 0) is 32.0 Å². The molecule has 2 heterocycles. The molecule has 0 aliphatic carbocycles. The molecule has 0 aliphatic heterocycles. The summed E-state index contributed by atoms with van der Waals surface area (Å²) in [5.41, 5.74) is 0.737. The molecule has 0 aliphatic rings. The molecule has 2 aromatic carbocycles. The second-order valence-corrected chi connectivity index (χ2v) is 17.2. The summed E-state index contributed by atoms with van der Waals surface area (Å²) in [6.07, 6.45) is 1.32. The van der Waals surface area contributed by atoms with Crippen molar-refractivity contribution >= 4 is 91.4 Å². The number of amides is 2. The van der Waals surface area contributed by atoms with Crippen molar-refractivity contribution in [2.24, 2.45) is 5.41 Å². The molecule has 2 aromatic heterocycles. The number of carbonyl (C=O) groups is 6. The highest BCUT2D eigenvalue weighted by Crippen LogP contribution is 2.34. The number of carboxylic acids is 2. The number of anilines is 2. The van der Waals surface area contributed by atoms with Gasteiger partial charge in [0, 0.05) is 27.3 Å². The Labute approximate surface area is 342 Å². The fourth-order valence-corrected chi connectivity index (χ4v) is 7.87. The van der Waals surface area contributed by atoms with Crippen LogP contribution in [0.25, 0.3) is 0 Å². The molecule has 56 heavy (non-hydrogen) atoms. The number of ether oxygens (including phenoxy) is 1. The van der Waals surface area contributed by atoms with Gasteiger partial charge in [0.25, 0.3) is 0 Å². The topological polar surface area (TPSA) is 176 Å². The molecule has 0 bridgehead atoms. The van der Waals surface area contributed by atoms with Crippen LogP contribution in [0.3, 0.4) is 0 Å². The maximum atomic E-state index is 13.4. The van der Waals surface area contributed by atoms with Gasteiger partial charge in [-0.1, -0.05) is 39.3 Å². The highest BCUT2D eigenvalue weighted by molar-refractivity contribution is 8.00. The Morgan fingerprint density at radius 1 is 0.768 bits per heavy atom. The van der Waals surface area contributed by atoms with Gasteiger partial charge >= 0.3 is 11.9 Å². The summed E-state index contributed by atoms with van der Waals surface area (Å²) in [7, 11) is 0. The second kappa shape index (κ2) is 21.1. The number of ketones is 2. The quantitative estimate of drug-likeness (QED) is 0.0707. The van der Waals surface area contributed by atoms with Gasteiger partial charge in [-0.05, 0) is 86.7 Å². The number of halogens is 2. The van der Waals surface area contributed by atoms with Crippen molar-refractivity contribution in [3.8, 4) is 5.75 Å². The van der Waals surface area contributed by atoms with Crippen LogP contribution in [-0.4, -0.2) is 63.1 Å². The Balaban J connectivity index is 0.000000300. The zero-order valence-electron chi connectivity index (χ0n) is 31.7. The molecule has 0 saturated heterocycles. The monoisotopic (exact) mass is 846 g/mol. The molecule has 16 heteroatoms. The average Bonchev–Trinajstić information content (AvgIpc) is 3.71. The number of thioether (sulfide) groups is 1. The number of hydrogen-bond acceptors (Lipinski definition) is 10. The minimum Gasteiger partial charge on any atom is -0.491 e. The molecule has 300 valence electrons. The van der Waals surface area contributed by atoms with E-state index in [2.05, 4.69) is 10.6 Å². The van der Waals surface area contributed by atoms with Crippen molar-refractivity contribution in [1.82, 2.24) is 0 Å². The van der Waals surface area contributed by atoms with Crippen molar-refractivity contribution in [3.05, 3.63) is 97.4 Å². The number of carboxylic acid groups (broad SMARTS) is 2. The molecule has 0 fully saturated rings. The maximum Gasteiger partial charge on any atom is 0.313 e. The predicted octanol–water partition coefficient (Wildman–Crippen LogP) is 9.25. The number of hydrogen-bond donors (Lipinski definition) is 4. The average molecular weight is 847 g/mol. The largest absolute Gasteiger partial charge is 0.491 e. The highest BCUT2D eigenvalue weighted by atomic mass is 35.5. The zero-order valence-corrected chi connectivity index (χ0v) is 35.0. The van der Waals surface area contributed by atoms with Gasteiger partial charge in [0.15, 0.2) is 11.6 Å². The molecule has 4 aromatic rings. The van der Waals surface area contributed by atoms with E-state index in [1.807, 2.05) is 27.7 Å². The molecule has 4 N–H and O–H groups in total. The molecular formula is C40H44ClFN2O9S3. The van der Waals surface area contributed by atoms with Crippen molar-refractivity contribution in [2.45, 2.75) is 73.3 Å². The number of carbonyl (C=O) groups excluding carboxylic acids is 4. The Morgan fingerprint density at radius 2 is 1.29 bits per heavy atom. The van der Waals surface area contributed by atoms with Gasteiger partial charge in [0.2, 0.25) is 11.8 Å². The van der Waals surface area contributed by atoms with E-state index in [0.717, 1.165) is 34.0 Å². The summed E-state index contributed by atoms with van der Waals surface area (Å²) >= 11 is 9.43. The third-order valence-electron chi connectivity index (χ3n) is 7.66. The lowest BCUT2D eigenvalue weighted by Gasteiger charge is -2.21. The summed E-state index contributed by atoms with van der Waals surface area (Å²) < 4.78 is 19.0. The van der Waals surface area contributed by atoms with Crippen LogP contribution in [0.15, 0.2) is 54.6 Å². The lowest BCUT2D eigenvalue weighted by molar-refractivity contribution is -0.139. The Bertz CT molecular complexity index is 2060. The first-order valence-corrected chi connectivity index (χ1v) is 20.7. The standard InChI is InChI=1S/C20H21ClFNO4S.C20H23NO5S2/c1-4-12-8-13(18(27)11-5-6-15(22)14(21)7-11)19(28-12)23-16(24)9-20(2,3)10-17(25)26;1-4-15-9-16(20(28-15)21-17(22)10-27-11-18(23)24)19(25)13-5-7-14(8-6-13)26-12(2)3/h5-8H,4,9-10H2,1-3H3,(H,23,24)(H,25,26);5-9,12H,4,10-11H2,1-3H3,(H,21,22)(H,23,24). The summed E-state index contributed by atoms with van der Waals surface area (Å²) in [6.45, 7) is 11.2. The molecular weight excluding hydrogens is 803 g/mol. The third-order valence-corrected chi connectivity index (χ3v) is 11.3. The Morgan fingerprint density at radius 3 is 1.77 bits per heavy atom. The minimum absolute atomic E-state index is 0.00529. The molecule has 0 spiro atoms. The van der Waals surface area contributed by atoms with Gasteiger partial charge in [0.05, 0.1) is 40.2 Å².